The van der Waals surface area contributed by atoms with E-state index in [1.165, 1.54) is 33.1 Å². The van der Waals surface area contributed by atoms with Gasteiger partial charge in [-0.3, -0.25) is 0 Å². The summed E-state index contributed by atoms with van der Waals surface area (Å²) in [6.45, 7) is 7.41. The number of anilines is 1. The number of hydrogen-bond donors (Lipinski definition) is 1. The van der Waals surface area contributed by atoms with Crippen LogP contribution in [0.4, 0.5) is 5.69 Å². The Hall–Kier alpha value is -2.63. The number of rotatable bonds is 7. The number of likely N-dealkylation sites (N-methyl/N-ethyl adjacent to an activating group) is 1. The van der Waals surface area contributed by atoms with Crippen molar-refractivity contribution in [2.45, 2.75) is 26.7 Å². The first-order chi connectivity index (χ1) is 15.5. The molecule has 2 heterocycles. The van der Waals surface area contributed by atoms with Gasteiger partial charge in [0.1, 0.15) is 5.01 Å². The van der Waals surface area contributed by atoms with Crippen LogP contribution in [0.2, 0.25) is 0 Å². The SMILES string of the molecule is CC(C)Cc1ccc(N(C)/C(=C2/CNCCN2C)c2ncc(Cc3ccccc3)s2)cc1. The van der Waals surface area contributed by atoms with Gasteiger partial charge in [0.2, 0.25) is 0 Å². The van der Waals surface area contributed by atoms with Crippen molar-refractivity contribution in [3.05, 3.63) is 87.5 Å². The summed E-state index contributed by atoms with van der Waals surface area (Å²) in [5.41, 5.74) is 6.40. The minimum Gasteiger partial charge on any atom is -0.374 e. The van der Waals surface area contributed by atoms with Crippen molar-refractivity contribution in [2.24, 2.45) is 5.92 Å². The van der Waals surface area contributed by atoms with Crippen LogP contribution in [-0.4, -0.2) is 43.6 Å². The predicted octanol–water partition coefficient (Wildman–Crippen LogP) is 5.27. The molecule has 2 aromatic carbocycles. The minimum absolute atomic E-state index is 0.663. The fraction of sp³-hybridized carbons (Fsp3) is 0.370. The largest absolute Gasteiger partial charge is 0.374 e. The second kappa shape index (κ2) is 10.3. The van der Waals surface area contributed by atoms with Crippen molar-refractivity contribution >= 4 is 22.7 Å². The molecule has 1 aliphatic rings. The van der Waals surface area contributed by atoms with E-state index in [1.807, 2.05) is 6.20 Å². The fourth-order valence-electron chi connectivity index (χ4n) is 4.20. The molecule has 0 amide bonds. The molecule has 1 aliphatic heterocycles. The molecular formula is C27H34N4S. The van der Waals surface area contributed by atoms with E-state index in [2.05, 4.69) is 97.7 Å². The minimum atomic E-state index is 0.663. The van der Waals surface area contributed by atoms with E-state index in [-0.39, 0.29) is 0 Å². The van der Waals surface area contributed by atoms with E-state index >= 15 is 0 Å². The van der Waals surface area contributed by atoms with Gasteiger partial charge in [0.05, 0.1) is 11.4 Å². The number of aromatic nitrogens is 1. The normalized spacial score (nSPS) is 15.8. The monoisotopic (exact) mass is 446 g/mol. The third kappa shape index (κ3) is 5.40. The fourth-order valence-corrected chi connectivity index (χ4v) is 5.25. The molecule has 4 nitrogen and oxygen atoms in total. The van der Waals surface area contributed by atoms with Crippen LogP contribution >= 0.6 is 11.3 Å². The van der Waals surface area contributed by atoms with Crippen LogP contribution in [0, 0.1) is 5.92 Å². The van der Waals surface area contributed by atoms with Crippen LogP contribution in [0.15, 0.2) is 66.5 Å². The van der Waals surface area contributed by atoms with Gasteiger partial charge in [0.15, 0.2) is 0 Å². The molecule has 0 radical (unpaired) electrons. The van der Waals surface area contributed by atoms with Crippen molar-refractivity contribution in [1.29, 1.82) is 0 Å². The lowest BCUT2D eigenvalue weighted by Gasteiger charge is -2.33. The van der Waals surface area contributed by atoms with Crippen molar-refractivity contribution in [3.63, 3.8) is 0 Å². The van der Waals surface area contributed by atoms with E-state index < -0.39 is 0 Å². The maximum atomic E-state index is 4.89. The molecule has 168 valence electrons. The summed E-state index contributed by atoms with van der Waals surface area (Å²) >= 11 is 1.80. The Kier molecular flexibility index (Phi) is 7.28. The highest BCUT2D eigenvalue weighted by Gasteiger charge is 2.23. The lowest BCUT2D eigenvalue weighted by Crippen LogP contribution is -2.41. The third-order valence-corrected chi connectivity index (χ3v) is 6.93. The number of piperazine rings is 1. The van der Waals surface area contributed by atoms with Crippen LogP contribution < -0.4 is 10.2 Å². The molecule has 1 aromatic heterocycles. The summed E-state index contributed by atoms with van der Waals surface area (Å²) in [7, 11) is 4.36. The maximum absolute atomic E-state index is 4.89. The van der Waals surface area contributed by atoms with Crippen molar-refractivity contribution in [1.82, 2.24) is 15.2 Å². The number of benzene rings is 2. The molecule has 0 bridgehead atoms. The van der Waals surface area contributed by atoms with Gasteiger partial charge in [0.25, 0.3) is 0 Å². The molecule has 4 rings (SSSR count). The Morgan fingerprint density at radius 1 is 1.09 bits per heavy atom. The molecule has 3 aromatic rings. The highest BCUT2D eigenvalue weighted by atomic mass is 32.1. The topological polar surface area (TPSA) is 31.4 Å². The molecule has 32 heavy (non-hydrogen) atoms. The average molecular weight is 447 g/mol. The summed E-state index contributed by atoms with van der Waals surface area (Å²) in [5, 5.41) is 4.63. The van der Waals surface area contributed by atoms with Gasteiger partial charge < -0.3 is 15.1 Å². The summed E-state index contributed by atoms with van der Waals surface area (Å²) < 4.78 is 0. The van der Waals surface area contributed by atoms with Crippen molar-refractivity contribution < 1.29 is 0 Å². The standard InChI is InChI=1S/C27H34N4S/c1-20(2)16-22-10-12-23(13-11-22)31(4)26(25-19-28-14-15-30(25)3)27-29-18-24(32-27)17-21-8-6-5-7-9-21/h5-13,18,20,28H,14-17,19H2,1-4H3/b26-25-. The number of hydrogen-bond acceptors (Lipinski definition) is 5. The van der Waals surface area contributed by atoms with Crippen LogP contribution in [0.25, 0.3) is 5.70 Å². The molecule has 0 atom stereocenters. The summed E-state index contributed by atoms with van der Waals surface area (Å²) in [6, 6.07) is 19.6. The van der Waals surface area contributed by atoms with E-state index in [0.717, 1.165) is 37.5 Å². The third-order valence-electron chi connectivity index (χ3n) is 5.93. The molecular weight excluding hydrogens is 412 g/mol. The lowest BCUT2D eigenvalue weighted by atomic mass is 10.0. The smallest absolute Gasteiger partial charge is 0.141 e. The van der Waals surface area contributed by atoms with Gasteiger partial charge in [-0.25, -0.2) is 4.98 Å². The van der Waals surface area contributed by atoms with Gasteiger partial charge in [-0.15, -0.1) is 11.3 Å². The zero-order valence-electron chi connectivity index (χ0n) is 19.6. The molecule has 0 aliphatic carbocycles. The molecule has 0 spiro atoms. The van der Waals surface area contributed by atoms with Gasteiger partial charge in [-0.05, 0) is 35.6 Å². The first-order valence-corrected chi connectivity index (χ1v) is 12.3. The molecule has 0 saturated carbocycles. The first-order valence-electron chi connectivity index (χ1n) is 11.5. The van der Waals surface area contributed by atoms with Crippen LogP contribution in [-0.2, 0) is 12.8 Å². The van der Waals surface area contributed by atoms with Crippen LogP contribution in [0.1, 0.15) is 34.9 Å². The Bertz CT molecular complexity index is 1040. The number of thiazole rings is 1. The zero-order chi connectivity index (χ0) is 22.5. The Morgan fingerprint density at radius 3 is 2.53 bits per heavy atom. The Morgan fingerprint density at radius 2 is 1.84 bits per heavy atom. The van der Waals surface area contributed by atoms with Crippen LogP contribution in [0.3, 0.4) is 0 Å². The first kappa shape index (κ1) is 22.6. The predicted molar refractivity (Wildman–Crippen MR) is 137 cm³/mol. The second-order valence-electron chi connectivity index (χ2n) is 9.01. The molecule has 1 saturated heterocycles. The van der Waals surface area contributed by atoms with E-state index in [0.29, 0.717) is 5.92 Å². The number of nitrogens with one attached hydrogen (secondary N) is 1. The summed E-state index contributed by atoms with van der Waals surface area (Å²) in [4.78, 5) is 10.9. The quantitative estimate of drug-likeness (QED) is 0.536. The average Bonchev–Trinajstić information content (AvgIpc) is 3.24. The van der Waals surface area contributed by atoms with Gasteiger partial charge in [-0.1, -0.05) is 56.3 Å². The number of nitrogens with zero attached hydrogens (tertiary/aromatic N) is 3. The van der Waals surface area contributed by atoms with E-state index in [4.69, 9.17) is 4.98 Å². The van der Waals surface area contributed by atoms with Crippen LogP contribution in [0.5, 0.6) is 0 Å². The Balaban J connectivity index is 1.66. The Labute approximate surface area is 196 Å². The van der Waals surface area contributed by atoms with Gasteiger partial charge in [-0.2, -0.15) is 0 Å². The molecule has 0 unspecified atom stereocenters. The summed E-state index contributed by atoms with van der Waals surface area (Å²) in [6.07, 6.45) is 4.08. The zero-order valence-corrected chi connectivity index (χ0v) is 20.5. The lowest BCUT2D eigenvalue weighted by molar-refractivity contribution is 0.359. The highest BCUT2D eigenvalue weighted by Crippen LogP contribution is 2.32. The molecule has 1 N–H and O–H groups in total. The van der Waals surface area contributed by atoms with Crippen molar-refractivity contribution in [2.75, 3.05) is 38.6 Å². The highest BCUT2D eigenvalue weighted by molar-refractivity contribution is 7.12. The maximum Gasteiger partial charge on any atom is 0.141 e. The van der Waals surface area contributed by atoms with Gasteiger partial charge >= 0.3 is 0 Å². The van der Waals surface area contributed by atoms with Gasteiger partial charge in [0, 0.05) is 56.9 Å². The molecule has 5 heteroatoms. The van der Waals surface area contributed by atoms with E-state index in [1.54, 1.807) is 11.3 Å². The second-order valence-corrected chi connectivity index (χ2v) is 10.1. The molecule has 1 fully saturated rings. The van der Waals surface area contributed by atoms with E-state index in [9.17, 15) is 0 Å². The van der Waals surface area contributed by atoms with Crippen molar-refractivity contribution in [3.8, 4) is 0 Å². The summed E-state index contributed by atoms with van der Waals surface area (Å²) in [5.74, 6) is 0.663.